The Balaban J connectivity index is 1.81. The maximum atomic E-state index is 14.2. The van der Waals surface area contributed by atoms with Gasteiger partial charge in [-0.15, -0.1) is 11.3 Å². The summed E-state index contributed by atoms with van der Waals surface area (Å²) in [6.45, 7) is 11.7. The zero-order chi connectivity index (χ0) is 38.0. The van der Waals surface area contributed by atoms with Crippen molar-refractivity contribution in [2.45, 2.75) is 111 Å². The Kier molecular flexibility index (Phi) is 15.7. The van der Waals surface area contributed by atoms with Crippen LogP contribution in [0.25, 0.3) is 0 Å². The first kappa shape index (κ1) is 41.7. The number of carbonyl (C=O) groups is 5. The van der Waals surface area contributed by atoms with Crippen LogP contribution in [-0.4, -0.2) is 88.2 Å². The number of amides is 2. The van der Waals surface area contributed by atoms with Gasteiger partial charge >= 0.3 is 11.9 Å². The van der Waals surface area contributed by atoms with Crippen molar-refractivity contribution in [1.29, 1.82) is 0 Å². The van der Waals surface area contributed by atoms with Crippen molar-refractivity contribution >= 4 is 40.9 Å². The number of nitrogens with zero attached hydrogens (tertiary/aromatic N) is 3. The number of Topliss-reactive ketones (excluding diaryl/α,β-unsaturated/α-hetero) is 1. The molecule has 282 valence electrons. The lowest BCUT2D eigenvalue weighted by Crippen LogP contribution is -2.47. The van der Waals surface area contributed by atoms with E-state index in [2.05, 4.69) is 15.2 Å². The molecule has 2 heterocycles. The minimum absolute atomic E-state index is 0.0157. The highest BCUT2D eigenvalue weighted by Crippen LogP contribution is 2.33. The summed E-state index contributed by atoms with van der Waals surface area (Å²) in [5.41, 5.74) is 0.814. The smallest absolute Gasteiger partial charge is 0.306 e. The number of benzene rings is 1. The van der Waals surface area contributed by atoms with Crippen LogP contribution in [0, 0.1) is 29.5 Å². The largest absolute Gasteiger partial charge is 0.481 e. The van der Waals surface area contributed by atoms with Gasteiger partial charge in [-0.25, -0.2) is 9.37 Å². The monoisotopic (exact) mass is 730 g/mol. The highest BCUT2D eigenvalue weighted by molar-refractivity contribution is 7.09. The maximum absolute atomic E-state index is 14.2. The summed E-state index contributed by atoms with van der Waals surface area (Å²) in [5.74, 6) is -3.79. The van der Waals surface area contributed by atoms with E-state index in [1.807, 2.05) is 34.7 Å². The van der Waals surface area contributed by atoms with Gasteiger partial charge in [-0.3, -0.25) is 28.9 Å². The van der Waals surface area contributed by atoms with Crippen molar-refractivity contribution in [3.05, 3.63) is 51.7 Å². The quantitative estimate of drug-likeness (QED) is 0.168. The molecule has 0 radical (unpaired) electrons. The Morgan fingerprint density at radius 1 is 1.12 bits per heavy atom. The maximum Gasteiger partial charge on any atom is 0.306 e. The van der Waals surface area contributed by atoms with Crippen molar-refractivity contribution in [3.63, 3.8) is 0 Å². The van der Waals surface area contributed by atoms with Crippen LogP contribution in [0.1, 0.15) is 107 Å². The lowest BCUT2D eigenvalue weighted by Gasteiger charge is -2.37. The van der Waals surface area contributed by atoms with E-state index < -0.39 is 47.6 Å². The van der Waals surface area contributed by atoms with E-state index in [1.165, 1.54) is 19.1 Å². The van der Waals surface area contributed by atoms with Crippen LogP contribution in [0.4, 0.5) is 4.39 Å². The molecule has 0 aliphatic carbocycles. The number of carboxylic acids is 1. The predicted octanol–water partition coefficient (Wildman–Crippen LogP) is 5.93. The minimum atomic E-state index is -1.000. The van der Waals surface area contributed by atoms with Gasteiger partial charge in [0.15, 0.2) is 11.9 Å². The van der Waals surface area contributed by atoms with Crippen LogP contribution in [0.5, 0.6) is 0 Å². The van der Waals surface area contributed by atoms with E-state index in [0.717, 1.165) is 42.7 Å². The molecule has 0 saturated carbocycles. The molecule has 0 spiro atoms. The summed E-state index contributed by atoms with van der Waals surface area (Å²) in [4.78, 5) is 73.2. The molecule has 2 N–H and O–H groups in total. The summed E-state index contributed by atoms with van der Waals surface area (Å²) in [6.07, 6.45) is 2.47. The summed E-state index contributed by atoms with van der Waals surface area (Å²) >= 11 is 1.15. The Morgan fingerprint density at radius 3 is 2.33 bits per heavy atom. The SMILES string of the molecule is CC[C@H](C)C(CC(=O)C1CCCN1C)C(=O)N(C)[C@H](C[C@@H](OC(C)=O)c1nc(C(=O)N[C@@H](Cc2ccc(F)cc2)C[C@H](C)C(=O)O)cs1)C(C)C. The van der Waals surface area contributed by atoms with Crippen LogP contribution < -0.4 is 5.32 Å². The molecule has 2 unspecified atom stereocenters. The molecule has 3 rings (SSSR count). The molecule has 1 fully saturated rings. The average Bonchev–Trinajstić information content (AvgIpc) is 3.75. The van der Waals surface area contributed by atoms with Gasteiger partial charge in [-0.1, -0.05) is 53.2 Å². The standard InChI is InChI=1S/C38H55FN4O7S/c1-9-23(4)29(19-33(45)31-11-10-16-42(31)7)37(47)43(8)32(22(2)3)20-34(50-25(6)44)36-41-30(21-51-36)35(46)40-28(17-24(5)38(48)49)18-26-12-14-27(39)15-13-26/h12-15,21-24,28-29,31-32,34H,9-11,16-20H2,1-8H3,(H,40,46)(H,48,49)/t23-,24-,28+,29?,31?,32+,34+/m0/s1. The van der Waals surface area contributed by atoms with Crippen molar-refractivity contribution in [3.8, 4) is 0 Å². The molecule has 2 aromatic rings. The van der Waals surface area contributed by atoms with Gasteiger partial charge in [-0.2, -0.15) is 0 Å². The molecule has 1 saturated heterocycles. The molecule has 1 aliphatic heterocycles. The molecule has 1 aromatic carbocycles. The molecule has 1 aromatic heterocycles. The molecule has 51 heavy (non-hydrogen) atoms. The Hall–Kier alpha value is -3.71. The van der Waals surface area contributed by atoms with Crippen molar-refractivity contribution in [1.82, 2.24) is 20.1 Å². The molecule has 0 bridgehead atoms. The number of hydrogen-bond acceptors (Lipinski definition) is 9. The van der Waals surface area contributed by atoms with Crippen LogP contribution in [0.2, 0.25) is 0 Å². The average molecular weight is 731 g/mol. The van der Waals surface area contributed by atoms with E-state index >= 15 is 0 Å². The molecular weight excluding hydrogens is 676 g/mol. The second-order valence-electron chi connectivity index (χ2n) is 14.4. The van der Waals surface area contributed by atoms with Crippen molar-refractivity contribution < 1.29 is 38.2 Å². The highest BCUT2D eigenvalue weighted by Gasteiger charge is 2.38. The lowest BCUT2D eigenvalue weighted by molar-refractivity contribution is -0.149. The summed E-state index contributed by atoms with van der Waals surface area (Å²) in [5, 5.41) is 14.3. The number of rotatable bonds is 19. The van der Waals surface area contributed by atoms with Gasteiger partial charge in [0.05, 0.1) is 12.0 Å². The number of hydrogen-bond donors (Lipinski definition) is 2. The fourth-order valence-electron chi connectivity index (χ4n) is 6.83. The van der Waals surface area contributed by atoms with Crippen LogP contribution in [0.3, 0.4) is 0 Å². The van der Waals surface area contributed by atoms with Gasteiger partial charge in [-0.05, 0) is 68.8 Å². The molecule has 13 heteroatoms. The topological polar surface area (TPSA) is 146 Å². The number of ether oxygens (including phenoxy) is 1. The molecule has 11 nitrogen and oxygen atoms in total. The van der Waals surface area contributed by atoms with Crippen LogP contribution in [0.15, 0.2) is 29.6 Å². The van der Waals surface area contributed by atoms with E-state index in [0.29, 0.717) is 5.01 Å². The summed E-state index contributed by atoms with van der Waals surface area (Å²) in [7, 11) is 3.69. The Morgan fingerprint density at radius 2 is 1.78 bits per heavy atom. The van der Waals surface area contributed by atoms with Gasteiger partial charge in [0.25, 0.3) is 5.91 Å². The van der Waals surface area contributed by atoms with Gasteiger partial charge in [0.1, 0.15) is 16.5 Å². The molecular formula is C38H55FN4O7S. The zero-order valence-corrected chi connectivity index (χ0v) is 32.0. The number of ketones is 1. The fraction of sp³-hybridized carbons (Fsp3) is 0.632. The number of aromatic nitrogens is 1. The number of carbonyl (C=O) groups excluding carboxylic acids is 4. The Labute approximate surface area is 305 Å². The van der Waals surface area contributed by atoms with E-state index in [4.69, 9.17) is 4.74 Å². The number of halogens is 1. The number of aliphatic carboxylic acids is 1. The van der Waals surface area contributed by atoms with E-state index in [9.17, 15) is 33.5 Å². The Bertz CT molecular complexity index is 1500. The predicted molar refractivity (Wildman–Crippen MR) is 194 cm³/mol. The lowest BCUT2D eigenvalue weighted by atomic mass is 9.83. The third-order valence-corrected chi connectivity index (χ3v) is 11.1. The fourth-order valence-corrected chi connectivity index (χ4v) is 7.67. The van der Waals surface area contributed by atoms with Gasteiger partial charge < -0.3 is 20.1 Å². The molecule has 7 atom stereocenters. The van der Waals surface area contributed by atoms with Crippen LogP contribution >= 0.6 is 11.3 Å². The van der Waals surface area contributed by atoms with E-state index in [-0.39, 0.29) is 67.0 Å². The number of carboxylic acid groups (broad SMARTS) is 1. The van der Waals surface area contributed by atoms with Gasteiger partial charge in [0, 0.05) is 50.2 Å². The van der Waals surface area contributed by atoms with Crippen molar-refractivity contribution in [2.75, 3.05) is 20.6 Å². The van der Waals surface area contributed by atoms with Gasteiger partial charge in [0.2, 0.25) is 5.91 Å². The second-order valence-corrected chi connectivity index (χ2v) is 15.3. The third-order valence-electron chi connectivity index (χ3n) is 10.2. The minimum Gasteiger partial charge on any atom is -0.481 e. The normalized spacial score (nSPS) is 18.4. The molecule has 1 aliphatic rings. The number of esters is 1. The first-order chi connectivity index (χ1) is 24.0. The van der Waals surface area contributed by atoms with E-state index in [1.54, 1.807) is 36.4 Å². The third kappa shape index (κ3) is 11.9. The number of likely N-dealkylation sites (tertiary alicyclic amines) is 1. The number of thiazole rings is 1. The number of nitrogens with one attached hydrogen (secondary N) is 1. The first-order valence-corrected chi connectivity index (χ1v) is 18.8. The summed E-state index contributed by atoms with van der Waals surface area (Å²) < 4.78 is 19.2. The number of likely N-dealkylation sites (N-methyl/N-ethyl adjacent to an activating group) is 1. The summed E-state index contributed by atoms with van der Waals surface area (Å²) in [6, 6.07) is 4.68. The first-order valence-electron chi connectivity index (χ1n) is 17.9. The van der Waals surface area contributed by atoms with Crippen LogP contribution in [-0.2, 0) is 30.3 Å². The molecule has 2 amide bonds. The highest BCUT2D eigenvalue weighted by atomic mass is 32.1. The van der Waals surface area contributed by atoms with Crippen molar-refractivity contribution in [2.24, 2.45) is 23.7 Å². The zero-order valence-electron chi connectivity index (χ0n) is 31.2. The second kappa shape index (κ2) is 19.2.